The Labute approximate surface area is 80.3 Å². The van der Waals surface area contributed by atoms with E-state index in [9.17, 15) is 8.78 Å². The van der Waals surface area contributed by atoms with E-state index in [1.807, 2.05) is 6.07 Å². The number of allylic oxidation sites excluding steroid dienone is 1. The number of hydrogen-bond donors (Lipinski definition) is 0. The van der Waals surface area contributed by atoms with Gasteiger partial charge in [0.25, 0.3) is 5.92 Å². The zero-order chi connectivity index (χ0) is 10.2. The van der Waals surface area contributed by atoms with Crippen LogP contribution in [0, 0.1) is 11.3 Å². The van der Waals surface area contributed by atoms with E-state index in [2.05, 4.69) is 0 Å². The molecule has 3 heteroatoms. The Morgan fingerprint density at radius 2 is 2.14 bits per heavy atom. The molecule has 0 aromatic heterocycles. The van der Waals surface area contributed by atoms with Gasteiger partial charge >= 0.3 is 0 Å². The van der Waals surface area contributed by atoms with Crippen molar-refractivity contribution in [2.24, 2.45) is 0 Å². The lowest BCUT2D eigenvalue weighted by Gasteiger charge is -2.20. The van der Waals surface area contributed by atoms with Gasteiger partial charge in [-0.3, -0.25) is 0 Å². The average Bonchev–Trinajstić information content (AvgIpc) is 2.16. The molecule has 1 aromatic carbocycles. The summed E-state index contributed by atoms with van der Waals surface area (Å²) in [5, 5.41) is 8.61. The zero-order valence-electron chi connectivity index (χ0n) is 7.30. The van der Waals surface area contributed by atoms with Crippen molar-refractivity contribution in [1.29, 1.82) is 5.26 Å². The number of benzene rings is 1. The van der Waals surface area contributed by atoms with Crippen LogP contribution in [-0.2, 0) is 5.92 Å². The van der Waals surface area contributed by atoms with E-state index in [-0.39, 0.29) is 12.0 Å². The van der Waals surface area contributed by atoms with Gasteiger partial charge in [-0.25, -0.2) is 8.78 Å². The number of nitrogens with zero attached hydrogens (tertiary/aromatic N) is 1. The predicted molar refractivity (Wildman–Crippen MR) is 48.7 cm³/mol. The highest BCUT2D eigenvalue weighted by atomic mass is 19.3. The Kier molecular flexibility index (Phi) is 1.85. The molecular formula is C11H7F2N. The summed E-state index contributed by atoms with van der Waals surface area (Å²) < 4.78 is 26.6. The first kappa shape index (κ1) is 8.89. The van der Waals surface area contributed by atoms with Crippen LogP contribution in [-0.4, -0.2) is 0 Å². The first-order chi connectivity index (χ1) is 6.63. The summed E-state index contributed by atoms with van der Waals surface area (Å²) in [5.74, 6) is -2.79. The first-order valence-corrected chi connectivity index (χ1v) is 4.22. The van der Waals surface area contributed by atoms with Crippen LogP contribution in [0.5, 0.6) is 0 Å². The molecule has 0 unspecified atom stereocenters. The van der Waals surface area contributed by atoms with Crippen LogP contribution in [0.3, 0.4) is 0 Å². The largest absolute Gasteiger partial charge is 0.277 e. The highest BCUT2D eigenvalue weighted by molar-refractivity contribution is 5.60. The van der Waals surface area contributed by atoms with Crippen molar-refractivity contribution in [3.63, 3.8) is 0 Å². The van der Waals surface area contributed by atoms with Crippen LogP contribution in [0.25, 0.3) is 6.08 Å². The minimum Gasteiger partial charge on any atom is -0.201 e. The Hall–Kier alpha value is -1.69. The monoisotopic (exact) mass is 191 g/mol. The fourth-order valence-electron chi connectivity index (χ4n) is 1.55. The molecule has 1 nitrogen and oxygen atoms in total. The van der Waals surface area contributed by atoms with Crippen LogP contribution in [0.1, 0.15) is 23.1 Å². The normalized spacial score (nSPS) is 17.2. The van der Waals surface area contributed by atoms with Crippen LogP contribution in [0.4, 0.5) is 8.78 Å². The molecule has 0 radical (unpaired) electrons. The highest BCUT2D eigenvalue weighted by Crippen LogP contribution is 2.38. The lowest BCUT2D eigenvalue weighted by atomic mass is 9.93. The van der Waals surface area contributed by atoms with Crippen molar-refractivity contribution in [2.45, 2.75) is 12.3 Å². The van der Waals surface area contributed by atoms with Crippen LogP contribution in [0.15, 0.2) is 24.3 Å². The predicted octanol–water partition coefficient (Wildman–Crippen LogP) is 3.07. The van der Waals surface area contributed by atoms with E-state index in [0.29, 0.717) is 11.1 Å². The Bertz CT molecular complexity index is 441. The quantitative estimate of drug-likeness (QED) is 0.618. The second kappa shape index (κ2) is 2.91. The SMILES string of the molecule is N#Cc1ccc2c(c1)C=CCC2(F)F. The summed E-state index contributed by atoms with van der Waals surface area (Å²) in [7, 11) is 0. The molecule has 1 aromatic rings. The number of alkyl halides is 2. The molecule has 1 aliphatic rings. The van der Waals surface area contributed by atoms with E-state index >= 15 is 0 Å². The van der Waals surface area contributed by atoms with Gasteiger partial charge in [-0.2, -0.15) is 5.26 Å². The van der Waals surface area contributed by atoms with Crippen molar-refractivity contribution in [1.82, 2.24) is 0 Å². The molecule has 0 atom stereocenters. The summed E-state index contributed by atoms with van der Waals surface area (Å²) in [6.07, 6.45) is 2.81. The molecule has 0 N–H and O–H groups in total. The van der Waals surface area contributed by atoms with Gasteiger partial charge in [0.1, 0.15) is 0 Å². The molecular weight excluding hydrogens is 184 g/mol. The van der Waals surface area contributed by atoms with Crippen LogP contribution < -0.4 is 0 Å². The maximum atomic E-state index is 13.3. The van der Waals surface area contributed by atoms with Crippen molar-refractivity contribution >= 4 is 6.08 Å². The molecule has 14 heavy (non-hydrogen) atoms. The molecule has 0 amide bonds. The van der Waals surface area contributed by atoms with Gasteiger partial charge in [-0.05, 0) is 17.7 Å². The van der Waals surface area contributed by atoms with Gasteiger partial charge in [0.15, 0.2) is 0 Å². The molecule has 0 heterocycles. The zero-order valence-corrected chi connectivity index (χ0v) is 7.30. The molecule has 1 aliphatic carbocycles. The fraction of sp³-hybridized carbons (Fsp3) is 0.182. The van der Waals surface area contributed by atoms with Gasteiger partial charge in [0.05, 0.1) is 11.6 Å². The van der Waals surface area contributed by atoms with Gasteiger partial charge in [0.2, 0.25) is 0 Å². The summed E-state index contributed by atoms with van der Waals surface area (Å²) in [6.45, 7) is 0. The molecule has 0 fully saturated rings. The summed E-state index contributed by atoms with van der Waals surface area (Å²) >= 11 is 0. The number of halogens is 2. The van der Waals surface area contributed by atoms with Gasteiger partial charge in [-0.1, -0.05) is 18.2 Å². The van der Waals surface area contributed by atoms with Gasteiger partial charge in [0, 0.05) is 12.0 Å². The van der Waals surface area contributed by atoms with Crippen molar-refractivity contribution in [3.8, 4) is 6.07 Å². The smallest absolute Gasteiger partial charge is 0.201 e. The van der Waals surface area contributed by atoms with Crippen molar-refractivity contribution < 1.29 is 8.78 Å². The topological polar surface area (TPSA) is 23.8 Å². The van der Waals surface area contributed by atoms with E-state index in [0.717, 1.165) is 0 Å². The summed E-state index contributed by atoms with van der Waals surface area (Å²) in [4.78, 5) is 0. The Balaban J connectivity index is 2.60. The maximum absolute atomic E-state index is 13.3. The molecule has 0 saturated heterocycles. The molecule has 70 valence electrons. The average molecular weight is 191 g/mol. The second-order valence-electron chi connectivity index (χ2n) is 3.22. The Morgan fingerprint density at radius 3 is 2.86 bits per heavy atom. The lowest BCUT2D eigenvalue weighted by molar-refractivity contribution is -0.00222. The van der Waals surface area contributed by atoms with E-state index in [1.54, 1.807) is 6.08 Å². The van der Waals surface area contributed by atoms with E-state index in [1.165, 1.54) is 24.3 Å². The summed E-state index contributed by atoms with van der Waals surface area (Å²) in [6, 6.07) is 6.16. The second-order valence-corrected chi connectivity index (χ2v) is 3.22. The third-order valence-corrected chi connectivity index (χ3v) is 2.25. The van der Waals surface area contributed by atoms with Gasteiger partial charge in [-0.15, -0.1) is 0 Å². The van der Waals surface area contributed by atoms with Crippen molar-refractivity contribution in [2.75, 3.05) is 0 Å². The third kappa shape index (κ3) is 1.29. The van der Waals surface area contributed by atoms with E-state index < -0.39 is 5.92 Å². The Morgan fingerprint density at radius 1 is 1.36 bits per heavy atom. The number of nitriles is 1. The van der Waals surface area contributed by atoms with Crippen LogP contribution in [0.2, 0.25) is 0 Å². The molecule has 2 rings (SSSR count). The maximum Gasteiger partial charge on any atom is 0.277 e. The number of rotatable bonds is 0. The molecule has 0 saturated carbocycles. The number of hydrogen-bond acceptors (Lipinski definition) is 1. The highest BCUT2D eigenvalue weighted by Gasteiger charge is 2.34. The third-order valence-electron chi connectivity index (χ3n) is 2.25. The first-order valence-electron chi connectivity index (χ1n) is 4.22. The van der Waals surface area contributed by atoms with Crippen molar-refractivity contribution in [3.05, 3.63) is 41.0 Å². The lowest BCUT2D eigenvalue weighted by Crippen LogP contribution is -2.16. The molecule has 0 spiro atoms. The molecule has 0 aliphatic heterocycles. The molecule has 0 bridgehead atoms. The summed E-state index contributed by atoms with van der Waals surface area (Å²) in [5.41, 5.74) is 0.866. The van der Waals surface area contributed by atoms with Crippen LogP contribution >= 0.6 is 0 Å². The fourth-order valence-corrected chi connectivity index (χ4v) is 1.55. The minimum absolute atomic E-state index is 0.0130. The number of fused-ring (bicyclic) bond motifs is 1. The van der Waals surface area contributed by atoms with Gasteiger partial charge < -0.3 is 0 Å². The standard InChI is InChI=1S/C11H7F2N/c12-11(13)5-1-2-9-6-8(7-14)3-4-10(9)11/h1-4,6H,5H2. The minimum atomic E-state index is -2.79. The van der Waals surface area contributed by atoms with E-state index in [4.69, 9.17) is 5.26 Å².